The zero-order valence-corrected chi connectivity index (χ0v) is 12.3. The molecule has 2 N–H and O–H groups in total. The van der Waals surface area contributed by atoms with Crippen LogP contribution in [0.3, 0.4) is 0 Å². The molecule has 1 atom stereocenters. The van der Waals surface area contributed by atoms with E-state index < -0.39 is 11.5 Å². The quantitative estimate of drug-likeness (QED) is 0.780. The van der Waals surface area contributed by atoms with E-state index >= 15 is 0 Å². The second-order valence-electron chi connectivity index (χ2n) is 5.27. The van der Waals surface area contributed by atoms with Crippen LogP contribution in [0.2, 0.25) is 0 Å². The Balaban J connectivity index is 1.82. The molecule has 0 aliphatic rings. The number of aromatic amines is 1. The van der Waals surface area contributed by atoms with Crippen molar-refractivity contribution in [3.8, 4) is 0 Å². The van der Waals surface area contributed by atoms with Gasteiger partial charge in [0, 0.05) is 11.1 Å². The monoisotopic (exact) mass is 296 g/mol. The number of pyridine rings is 1. The number of nitrogens with one attached hydrogen (secondary N) is 2. The summed E-state index contributed by atoms with van der Waals surface area (Å²) in [7, 11) is 0. The maximum atomic E-state index is 12.2. The first-order valence-corrected chi connectivity index (χ1v) is 7.04. The number of carbonyl (C=O) groups excluding carboxylic acids is 1. The molecule has 0 aliphatic heterocycles. The summed E-state index contributed by atoms with van der Waals surface area (Å²) < 4.78 is 5.72. The third-order valence-electron chi connectivity index (χ3n) is 3.52. The van der Waals surface area contributed by atoms with Crippen LogP contribution >= 0.6 is 0 Å². The van der Waals surface area contributed by atoms with Gasteiger partial charge in [-0.15, -0.1) is 0 Å². The van der Waals surface area contributed by atoms with Crippen molar-refractivity contribution in [1.29, 1.82) is 0 Å². The van der Waals surface area contributed by atoms with Crippen molar-refractivity contribution in [3.63, 3.8) is 0 Å². The maximum Gasteiger partial charge on any atom is 0.260 e. The van der Waals surface area contributed by atoms with Crippen molar-refractivity contribution < 1.29 is 9.21 Å². The summed E-state index contributed by atoms with van der Waals surface area (Å²) in [6, 6.07) is 12.4. The van der Waals surface area contributed by atoms with E-state index in [-0.39, 0.29) is 11.6 Å². The van der Waals surface area contributed by atoms with E-state index in [1.165, 1.54) is 6.07 Å². The first-order chi connectivity index (χ1) is 10.5. The Kier molecular flexibility index (Phi) is 3.55. The zero-order valence-electron chi connectivity index (χ0n) is 12.3. The van der Waals surface area contributed by atoms with Crippen LogP contribution in [0.1, 0.15) is 34.8 Å². The number of rotatable bonds is 3. The van der Waals surface area contributed by atoms with E-state index in [9.17, 15) is 9.59 Å². The molecule has 0 spiro atoms. The number of furan rings is 1. The molecule has 0 radical (unpaired) electrons. The Labute approximate surface area is 127 Å². The molecule has 0 aliphatic carbocycles. The molecule has 0 unspecified atom stereocenters. The van der Waals surface area contributed by atoms with Crippen molar-refractivity contribution in [2.24, 2.45) is 0 Å². The highest BCUT2D eigenvalue weighted by molar-refractivity contribution is 5.94. The molecule has 22 heavy (non-hydrogen) atoms. The van der Waals surface area contributed by atoms with Gasteiger partial charge in [0.2, 0.25) is 0 Å². The number of hydrogen-bond acceptors (Lipinski definition) is 3. The molecule has 1 amide bonds. The molecule has 1 aromatic carbocycles. The lowest BCUT2D eigenvalue weighted by Crippen LogP contribution is -2.31. The van der Waals surface area contributed by atoms with Gasteiger partial charge in [-0.05, 0) is 38.1 Å². The molecule has 3 aromatic rings. The number of carbonyl (C=O) groups is 1. The fourth-order valence-electron chi connectivity index (χ4n) is 2.31. The van der Waals surface area contributed by atoms with Gasteiger partial charge in [-0.25, -0.2) is 0 Å². The van der Waals surface area contributed by atoms with Crippen molar-refractivity contribution in [1.82, 2.24) is 10.3 Å². The van der Waals surface area contributed by atoms with Gasteiger partial charge in [0.15, 0.2) is 0 Å². The van der Waals surface area contributed by atoms with E-state index in [0.29, 0.717) is 11.5 Å². The maximum absolute atomic E-state index is 12.2. The van der Waals surface area contributed by atoms with Gasteiger partial charge in [0.1, 0.15) is 16.9 Å². The van der Waals surface area contributed by atoms with Crippen molar-refractivity contribution in [3.05, 3.63) is 69.8 Å². The van der Waals surface area contributed by atoms with Crippen molar-refractivity contribution in [2.45, 2.75) is 19.9 Å². The van der Waals surface area contributed by atoms with Crippen LogP contribution < -0.4 is 10.9 Å². The predicted molar refractivity (Wildman–Crippen MR) is 83.9 cm³/mol. The predicted octanol–water partition coefficient (Wildman–Crippen LogP) is 2.92. The van der Waals surface area contributed by atoms with Crippen LogP contribution in [0.4, 0.5) is 0 Å². The Morgan fingerprint density at radius 1 is 1.23 bits per heavy atom. The summed E-state index contributed by atoms with van der Waals surface area (Å²) in [5.74, 6) is 0.229. The van der Waals surface area contributed by atoms with E-state index in [1.807, 2.05) is 37.3 Å². The minimum atomic E-state index is -0.422. The molecular weight excluding hydrogens is 280 g/mol. The van der Waals surface area contributed by atoms with Crippen LogP contribution in [-0.4, -0.2) is 10.9 Å². The topological polar surface area (TPSA) is 75.1 Å². The SMILES string of the molecule is Cc1ccc(C(=O)N[C@@H](C)c2cc3ccccc3o2)c(=O)[nH]1. The number of benzene rings is 1. The summed E-state index contributed by atoms with van der Waals surface area (Å²) in [6.45, 7) is 3.58. The average molecular weight is 296 g/mol. The molecule has 0 bridgehead atoms. The van der Waals surface area contributed by atoms with Gasteiger partial charge in [-0.1, -0.05) is 18.2 Å². The highest BCUT2D eigenvalue weighted by atomic mass is 16.3. The summed E-state index contributed by atoms with van der Waals surface area (Å²) in [4.78, 5) is 26.6. The van der Waals surface area contributed by atoms with E-state index in [1.54, 1.807) is 13.0 Å². The Bertz CT molecular complexity index is 859. The van der Waals surface area contributed by atoms with Crippen LogP contribution in [0.25, 0.3) is 11.0 Å². The van der Waals surface area contributed by atoms with Crippen molar-refractivity contribution >= 4 is 16.9 Å². The van der Waals surface area contributed by atoms with E-state index in [0.717, 1.165) is 11.0 Å². The second kappa shape index (κ2) is 5.52. The molecular formula is C17H16N2O3. The fourth-order valence-corrected chi connectivity index (χ4v) is 2.31. The summed E-state index contributed by atoms with van der Waals surface area (Å²) in [6.07, 6.45) is 0. The molecule has 5 heteroatoms. The van der Waals surface area contributed by atoms with Gasteiger partial charge in [0.05, 0.1) is 6.04 Å². The van der Waals surface area contributed by atoms with Crippen LogP contribution in [0.15, 0.2) is 51.7 Å². The minimum Gasteiger partial charge on any atom is -0.459 e. The van der Waals surface area contributed by atoms with E-state index in [2.05, 4.69) is 10.3 Å². The van der Waals surface area contributed by atoms with Crippen LogP contribution in [-0.2, 0) is 0 Å². The molecule has 0 fully saturated rings. The van der Waals surface area contributed by atoms with Gasteiger partial charge in [0.25, 0.3) is 11.5 Å². The Hall–Kier alpha value is -2.82. The largest absolute Gasteiger partial charge is 0.459 e. The smallest absolute Gasteiger partial charge is 0.260 e. The summed E-state index contributed by atoms with van der Waals surface area (Å²) in [5.41, 5.74) is 1.18. The number of aryl methyl sites for hydroxylation is 1. The van der Waals surface area contributed by atoms with Crippen LogP contribution in [0.5, 0.6) is 0 Å². The number of amides is 1. The van der Waals surface area contributed by atoms with Crippen molar-refractivity contribution in [2.75, 3.05) is 0 Å². The Morgan fingerprint density at radius 3 is 2.73 bits per heavy atom. The lowest BCUT2D eigenvalue weighted by atomic mass is 10.2. The first kappa shape index (κ1) is 14.1. The van der Waals surface area contributed by atoms with E-state index in [4.69, 9.17) is 4.42 Å². The summed E-state index contributed by atoms with van der Waals surface area (Å²) >= 11 is 0. The normalized spacial score (nSPS) is 12.3. The third-order valence-corrected chi connectivity index (χ3v) is 3.52. The third kappa shape index (κ3) is 2.65. The molecule has 3 rings (SSSR count). The standard InChI is InChI=1S/C17H16N2O3/c1-10-7-8-13(16(20)18-10)17(21)19-11(2)15-9-12-5-3-4-6-14(12)22-15/h3-9,11H,1-2H3,(H,18,20)(H,19,21)/t11-/m0/s1. The number of aromatic nitrogens is 1. The molecule has 112 valence electrons. The van der Waals surface area contributed by atoms with Gasteiger partial charge >= 0.3 is 0 Å². The number of para-hydroxylation sites is 1. The first-order valence-electron chi connectivity index (χ1n) is 7.04. The lowest BCUT2D eigenvalue weighted by Gasteiger charge is -2.11. The average Bonchev–Trinajstić information content (AvgIpc) is 2.91. The van der Waals surface area contributed by atoms with Gasteiger partial charge < -0.3 is 14.7 Å². The van der Waals surface area contributed by atoms with Gasteiger partial charge in [-0.3, -0.25) is 9.59 Å². The number of hydrogen-bond donors (Lipinski definition) is 2. The molecule has 0 saturated carbocycles. The number of fused-ring (bicyclic) bond motifs is 1. The fraction of sp³-hybridized carbons (Fsp3) is 0.176. The molecule has 0 saturated heterocycles. The van der Waals surface area contributed by atoms with Gasteiger partial charge in [-0.2, -0.15) is 0 Å². The summed E-state index contributed by atoms with van der Waals surface area (Å²) in [5, 5.41) is 3.76. The Morgan fingerprint density at radius 2 is 2.00 bits per heavy atom. The molecule has 5 nitrogen and oxygen atoms in total. The molecule has 2 heterocycles. The minimum absolute atomic E-state index is 0.0913. The second-order valence-corrected chi connectivity index (χ2v) is 5.27. The highest BCUT2D eigenvalue weighted by Gasteiger charge is 2.17. The number of H-pyrrole nitrogens is 1. The lowest BCUT2D eigenvalue weighted by molar-refractivity contribution is 0.0934. The molecule has 2 aromatic heterocycles. The zero-order chi connectivity index (χ0) is 15.7. The highest BCUT2D eigenvalue weighted by Crippen LogP contribution is 2.23. The van der Waals surface area contributed by atoms with Crippen LogP contribution in [0, 0.1) is 6.92 Å².